The Balaban J connectivity index is 0.920. The van der Waals surface area contributed by atoms with Gasteiger partial charge in [0.1, 0.15) is 35.9 Å². The summed E-state index contributed by atoms with van der Waals surface area (Å²) in [6.07, 6.45) is 7.79. The lowest BCUT2D eigenvalue weighted by Gasteiger charge is -2.31. The molecule has 2 bridgehead atoms. The van der Waals surface area contributed by atoms with E-state index < -0.39 is 30.0 Å². The van der Waals surface area contributed by atoms with Gasteiger partial charge in [0.05, 0.1) is 24.4 Å². The van der Waals surface area contributed by atoms with Crippen LogP contribution in [-0.4, -0.2) is 125 Å². The number of carbonyl (C=O) groups excluding carboxylic acids is 2. The molecule has 9 N–H and O–H groups in total. The Morgan fingerprint density at radius 1 is 1.02 bits per heavy atom. The second-order valence-corrected chi connectivity index (χ2v) is 21.9. The molecular formula is C61H72FN12O6+. The number of hydrogen-bond acceptors (Lipinski definition) is 15. The number of ether oxygens (including phenoxy) is 3. The summed E-state index contributed by atoms with van der Waals surface area (Å²) in [5.41, 5.74) is 14.2. The number of nitrogens with two attached hydrogens (primary N) is 2. The van der Waals surface area contributed by atoms with Gasteiger partial charge in [-0.15, -0.1) is 0 Å². The number of rotatable bonds is 21. The molecule has 4 fully saturated rings. The van der Waals surface area contributed by atoms with E-state index in [1.165, 1.54) is 12.3 Å². The number of benzene rings is 4. The first-order valence-corrected chi connectivity index (χ1v) is 27.7. The van der Waals surface area contributed by atoms with Crippen molar-refractivity contribution in [3.8, 4) is 34.1 Å². The van der Waals surface area contributed by atoms with Gasteiger partial charge in [0.15, 0.2) is 17.7 Å². The van der Waals surface area contributed by atoms with Crippen LogP contribution in [0.5, 0.6) is 11.8 Å². The Kier molecular flexibility index (Phi) is 16.5. The van der Waals surface area contributed by atoms with Crippen molar-refractivity contribution in [2.24, 2.45) is 16.9 Å². The topological polar surface area (TPSA) is 253 Å². The number of hydrazone groups is 1. The summed E-state index contributed by atoms with van der Waals surface area (Å²) in [4.78, 5) is 50.2. The van der Waals surface area contributed by atoms with Crippen molar-refractivity contribution in [3.05, 3.63) is 124 Å². The summed E-state index contributed by atoms with van der Waals surface area (Å²) in [5.74, 6) is 6.07. The minimum Gasteiger partial charge on any atom is -0.486 e. The Labute approximate surface area is 465 Å². The first kappa shape index (κ1) is 55.4. The predicted molar refractivity (Wildman–Crippen MR) is 308 cm³/mol. The number of piperazine rings is 1. The number of carbonyl (C=O) groups is 2. The number of amides is 2. The zero-order valence-electron chi connectivity index (χ0n) is 46.2. The number of hydrogen-bond donors (Lipinski definition) is 7. The molecule has 0 spiro atoms. The van der Waals surface area contributed by atoms with Crippen molar-refractivity contribution in [2.75, 3.05) is 44.0 Å². The van der Waals surface area contributed by atoms with Crippen molar-refractivity contribution in [2.45, 2.75) is 122 Å². The van der Waals surface area contributed by atoms with Crippen LogP contribution in [0.4, 0.5) is 15.9 Å². The molecule has 1 saturated carbocycles. The SMILES string of the molecule is CO[C@H](C)[C@@H](C)Oc1nc(N2C[C@@H]3C[C@H]2CN3)c2cc(C3CC3)c(-c3c(C)c(F)cc(N)c3C=N)c(OCc3ccc(/C(C=[NH+][C@H](C(=O)N4CCC[C@H]4C(=O)N[C@@H](CO)c4ccc(-c5ccccn5)cc4)C(C)C)=N/N)cc3)c2n1. The molecule has 3 saturated heterocycles. The molecule has 5 heterocycles. The molecule has 418 valence electrons. The fourth-order valence-electron chi connectivity index (χ4n) is 11.4. The summed E-state index contributed by atoms with van der Waals surface area (Å²) in [6, 6.07) is 22.7. The molecule has 6 aromatic rings. The van der Waals surface area contributed by atoms with Gasteiger partial charge in [0.2, 0.25) is 11.9 Å². The highest BCUT2D eigenvalue weighted by atomic mass is 19.1. The highest BCUT2D eigenvalue weighted by molar-refractivity contribution is 6.36. The molecule has 19 heteroatoms. The standard InChI is InChI=1S/C61H71FN12O6/c1-33(2)55(60(77)73-23-9-11-52(73)59(76)69-51(31-75)41-20-18-39(19-21-41)49-10-7-8-22-66-49)68-29-50(72-65)40-14-12-37(13-15-40)32-79-57-54(53-34(3)47(62)26-48(64)46(53)27-63)44(38-16-17-38)25-45-56(57)70-61(80-36(5)35(4)78-6)71-58(45)74-30-42-24-43(74)28-67-42/h7-8,10,12-15,18-22,25-27,29,33,35-36,38,42-43,51-52,55,63,67,75H,9,11,16-17,23-24,28,30-32,64-65H2,1-6H3,(H,69,76)/p+1/b63-27?,68-29?,72-50+/t35-,36-,42+,43+,51+,52+,55+/m1/s1. The number of halogens is 1. The molecule has 0 radical (unpaired) electrons. The Hall–Kier alpha value is -7.87. The predicted octanol–water partition coefficient (Wildman–Crippen LogP) is 5.87. The summed E-state index contributed by atoms with van der Waals surface area (Å²) in [5, 5.41) is 30.5. The number of aliphatic hydroxyl groups is 1. The second-order valence-electron chi connectivity index (χ2n) is 21.9. The minimum absolute atomic E-state index is 0.0636. The summed E-state index contributed by atoms with van der Waals surface area (Å²) in [7, 11) is 1.63. The van der Waals surface area contributed by atoms with Gasteiger partial charge in [0.25, 0.3) is 5.91 Å². The van der Waals surface area contributed by atoms with Crippen LogP contribution in [0.1, 0.15) is 105 Å². The van der Waals surface area contributed by atoms with Crippen LogP contribution in [0.2, 0.25) is 0 Å². The van der Waals surface area contributed by atoms with Gasteiger partial charge in [-0.1, -0.05) is 68.4 Å². The maximum Gasteiger partial charge on any atom is 0.319 e. The first-order valence-electron chi connectivity index (χ1n) is 27.7. The number of pyridine rings is 1. The lowest BCUT2D eigenvalue weighted by molar-refractivity contribution is -0.491. The van der Waals surface area contributed by atoms with E-state index in [1.54, 1.807) is 31.3 Å². The summed E-state index contributed by atoms with van der Waals surface area (Å²) >= 11 is 0. The third kappa shape index (κ3) is 11.3. The van der Waals surface area contributed by atoms with Gasteiger partial charge in [-0.25, -0.2) is 9.38 Å². The van der Waals surface area contributed by atoms with E-state index in [2.05, 4.69) is 36.7 Å². The van der Waals surface area contributed by atoms with E-state index >= 15 is 4.39 Å². The zero-order valence-corrected chi connectivity index (χ0v) is 46.2. The average Bonchev–Trinajstić information content (AvgIpc) is 3.31. The van der Waals surface area contributed by atoms with Gasteiger partial charge in [0, 0.05) is 96.0 Å². The quantitative estimate of drug-likeness (QED) is 0.0193. The van der Waals surface area contributed by atoms with Crippen LogP contribution in [0.3, 0.4) is 0 Å². The number of aromatic nitrogens is 3. The summed E-state index contributed by atoms with van der Waals surface area (Å²) < 4.78 is 35.1. The van der Waals surface area contributed by atoms with Gasteiger partial charge in [-0.3, -0.25) is 14.6 Å². The largest absolute Gasteiger partial charge is 0.486 e. The molecule has 0 unspecified atom stereocenters. The lowest BCUT2D eigenvalue weighted by Crippen LogP contribution is -2.83. The number of likely N-dealkylation sites (tertiary alicyclic amines) is 1. The van der Waals surface area contributed by atoms with Crippen molar-refractivity contribution in [1.82, 2.24) is 30.5 Å². The third-order valence-corrected chi connectivity index (χ3v) is 16.3. The smallest absolute Gasteiger partial charge is 0.319 e. The zero-order chi connectivity index (χ0) is 56.4. The van der Waals surface area contributed by atoms with Crippen LogP contribution in [0.15, 0.2) is 90.2 Å². The molecule has 4 aromatic carbocycles. The maximum atomic E-state index is 16.0. The summed E-state index contributed by atoms with van der Waals surface area (Å²) in [6.45, 7) is 11.1. The molecule has 18 nitrogen and oxygen atoms in total. The van der Waals surface area contributed by atoms with Crippen molar-refractivity contribution < 1.29 is 38.3 Å². The fraction of sp³-hybridized carbons (Fsp3) is 0.410. The Morgan fingerprint density at radius 3 is 2.44 bits per heavy atom. The van der Waals surface area contributed by atoms with E-state index in [-0.39, 0.29) is 60.7 Å². The third-order valence-electron chi connectivity index (χ3n) is 16.3. The van der Waals surface area contributed by atoms with E-state index in [1.807, 2.05) is 94.4 Å². The number of nitrogens with zero attached hydrogens (tertiary/aromatic N) is 6. The monoisotopic (exact) mass is 1090 g/mol. The Morgan fingerprint density at radius 2 is 1.80 bits per heavy atom. The number of nitrogens with one attached hydrogen (secondary N) is 4. The molecule has 3 aliphatic heterocycles. The van der Waals surface area contributed by atoms with E-state index in [0.29, 0.717) is 70.2 Å². The van der Waals surface area contributed by atoms with Gasteiger partial charge >= 0.3 is 6.01 Å². The van der Waals surface area contributed by atoms with Crippen LogP contribution in [0, 0.1) is 24.1 Å². The number of anilines is 2. The molecular weight excluding hydrogens is 1020 g/mol. The first-order chi connectivity index (χ1) is 38.7. The Bertz CT molecular complexity index is 3320. The van der Waals surface area contributed by atoms with E-state index in [9.17, 15) is 14.7 Å². The maximum absolute atomic E-state index is 16.0. The van der Waals surface area contributed by atoms with Crippen LogP contribution in [-0.2, 0) is 20.9 Å². The average molecular weight is 1090 g/mol. The van der Waals surface area contributed by atoms with E-state index in [4.69, 9.17) is 41.2 Å². The second kappa shape index (κ2) is 23.8. The highest BCUT2D eigenvalue weighted by Crippen LogP contribution is 2.53. The molecule has 2 amide bonds. The van der Waals surface area contributed by atoms with E-state index in [0.717, 1.165) is 71.5 Å². The highest BCUT2D eigenvalue weighted by Gasteiger charge is 2.43. The van der Waals surface area contributed by atoms with Crippen LogP contribution in [0.25, 0.3) is 33.3 Å². The normalized spacial score (nSPS) is 19.7. The fourth-order valence-corrected chi connectivity index (χ4v) is 11.4. The molecule has 7 atom stereocenters. The van der Waals surface area contributed by atoms with Gasteiger partial charge < -0.3 is 56.7 Å². The molecule has 1 aliphatic carbocycles. The van der Waals surface area contributed by atoms with Gasteiger partial charge in [-0.05, 0) is 105 Å². The number of aliphatic hydroxyl groups excluding tert-OH is 1. The number of methoxy groups -OCH3 is 1. The molecule has 2 aromatic heterocycles. The lowest BCUT2D eigenvalue weighted by atomic mass is 9.87. The van der Waals surface area contributed by atoms with Gasteiger partial charge in [-0.2, -0.15) is 15.1 Å². The number of nitrogen functional groups attached to an aromatic ring is 1. The van der Waals surface area contributed by atoms with Crippen molar-refractivity contribution in [3.63, 3.8) is 0 Å². The molecule has 80 heavy (non-hydrogen) atoms. The van der Waals surface area contributed by atoms with Crippen LogP contribution >= 0.6 is 0 Å². The van der Waals surface area contributed by atoms with Crippen molar-refractivity contribution in [1.29, 1.82) is 5.41 Å². The van der Waals surface area contributed by atoms with Crippen molar-refractivity contribution >= 4 is 52.4 Å². The molecule has 10 rings (SSSR count). The molecule has 4 aliphatic rings. The van der Waals surface area contributed by atoms with Crippen LogP contribution < -0.4 is 41.6 Å². The number of fused-ring (bicyclic) bond motifs is 3. The minimum atomic E-state index is -0.722.